The van der Waals surface area contributed by atoms with E-state index in [2.05, 4.69) is 37.9 Å². The van der Waals surface area contributed by atoms with Crippen LogP contribution < -0.4 is 10.6 Å². The summed E-state index contributed by atoms with van der Waals surface area (Å²) in [4.78, 5) is 29.7. The molecule has 0 aliphatic carbocycles. The van der Waals surface area contributed by atoms with Crippen molar-refractivity contribution in [1.82, 2.24) is 20.5 Å². The Labute approximate surface area is 283 Å². The Morgan fingerprint density at radius 3 is 2.29 bits per heavy atom. The second-order valence-corrected chi connectivity index (χ2v) is 12.6. The van der Waals surface area contributed by atoms with Crippen molar-refractivity contribution in [3.05, 3.63) is 143 Å². The second-order valence-electron chi connectivity index (χ2n) is 11.6. The van der Waals surface area contributed by atoms with E-state index in [0.717, 1.165) is 27.8 Å². The lowest BCUT2D eigenvalue weighted by Gasteiger charge is -2.43. The maximum Gasteiger partial charge on any atom is 0.319 e. The smallest absolute Gasteiger partial charge is 0.319 e. The lowest BCUT2D eigenvalue weighted by Crippen LogP contribution is -2.43. The molecule has 1 aliphatic heterocycles. The number of H-pyrrole nitrogens is 1. The molecule has 4 aromatic carbocycles. The van der Waals surface area contributed by atoms with Gasteiger partial charge in [-0.05, 0) is 47.7 Å². The van der Waals surface area contributed by atoms with Crippen molar-refractivity contribution in [3.63, 3.8) is 0 Å². The average molecular weight is 664 g/mol. The van der Waals surface area contributed by atoms with Crippen molar-refractivity contribution in [1.29, 1.82) is 0 Å². The first-order chi connectivity index (χ1) is 23.5. The number of aliphatic hydroxyl groups is 1. The molecule has 1 fully saturated rings. The molecule has 11 heteroatoms. The van der Waals surface area contributed by atoms with Crippen molar-refractivity contribution >= 4 is 29.3 Å². The molecule has 1 aliphatic rings. The number of aromatic amines is 1. The van der Waals surface area contributed by atoms with Gasteiger partial charge in [-0.25, -0.2) is 9.78 Å². The van der Waals surface area contributed by atoms with Crippen LogP contribution in [-0.2, 0) is 27.3 Å². The number of rotatable bonds is 12. The lowest BCUT2D eigenvalue weighted by molar-refractivity contribution is -0.255. The minimum Gasteiger partial charge on any atom is -0.392 e. The van der Waals surface area contributed by atoms with Gasteiger partial charge in [0.25, 0.3) is 0 Å². The summed E-state index contributed by atoms with van der Waals surface area (Å²) < 4.78 is 13.5. The van der Waals surface area contributed by atoms with Gasteiger partial charge in [0.1, 0.15) is 6.33 Å². The molecule has 4 N–H and O–H groups in total. The minimum absolute atomic E-state index is 0.0527. The van der Waals surface area contributed by atoms with Crippen LogP contribution in [-0.4, -0.2) is 50.0 Å². The first-order valence-corrected chi connectivity index (χ1v) is 16.7. The van der Waals surface area contributed by atoms with Gasteiger partial charge in [-0.15, -0.1) is 0 Å². The highest BCUT2D eigenvalue weighted by Gasteiger charge is 2.42. The predicted molar refractivity (Wildman–Crippen MR) is 183 cm³/mol. The summed E-state index contributed by atoms with van der Waals surface area (Å²) in [6.07, 6.45) is 0.405. The van der Waals surface area contributed by atoms with Gasteiger partial charge in [0.05, 0.1) is 24.9 Å². The van der Waals surface area contributed by atoms with Crippen LogP contribution >= 0.6 is 11.8 Å². The Hall–Kier alpha value is -4.81. The topological polar surface area (TPSA) is 138 Å². The van der Waals surface area contributed by atoms with Crippen LogP contribution in [0.25, 0.3) is 0 Å². The fourth-order valence-corrected chi connectivity index (χ4v) is 6.66. The molecule has 1 unspecified atom stereocenters. The van der Waals surface area contributed by atoms with Crippen LogP contribution in [0.1, 0.15) is 53.1 Å². The minimum atomic E-state index is -0.763. The summed E-state index contributed by atoms with van der Waals surface area (Å²) in [5, 5.41) is 22.9. The number of carbonyl (C=O) groups is 2. The van der Waals surface area contributed by atoms with Gasteiger partial charge in [0.2, 0.25) is 0 Å². The van der Waals surface area contributed by atoms with Gasteiger partial charge >= 0.3 is 6.03 Å². The van der Waals surface area contributed by atoms with E-state index in [4.69, 9.17) is 9.47 Å². The molecule has 0 bridgehead atoms. The molecular weight excluding hydrogens is 627 g/mol. The number of amides is 2. The Morgan fingerprint density at radius 1 is 0.875 bits per heavy atom. The normalized spacial score (nSPS) is 19.7. The number of benzene rings is 4. The molecule has 5 atom stereocenters. The Kier molecular flexibility index (Phi) is 10.9. The van der Waals surface area contributed by atoms with Crippen molar-refractivity contribution in [3.8, 4) is 0 Å². The van der Waals surface area contributed by atoms with Gasteiger partial charge in [-0.3, -0.25) is 9.89 Å². The van der Waals surface area contributed by atoms with E-state index in [1.165, 1.54) is 25.0 Å². The van der Waals surface area contributed by atoms with E-state index in [-0.39, 0.29) is 24.4 Å². The average Bonchev–Trinajstić information content (AvgIpc) is 3.65. The fraction of sp³-hybridized carbons (Fsp3) is 0.243. The molecule has 10 nitrogen and oxygen atoms in total. The van der Waals surface area contributed by atoms with E-state index in [1.807, 2.05) is 91.0 Å². The number of ether oxygens (including phenoxy) is 2. The van der Waals surface area contributed by atoms with E-state index < -0.39 is 24.5 Å². The molecular formula is C37H37N5O5S. The molecule has 6 rings (SSSR count). The molecule has 0 radical (unpaired) electrons. The third-order valence-corrected chi connectivity index (χ3v) is 9.21. The standard InChI is InChI=1S/C37H37N5O5S/c1-24(44)31(19-25-9-4-2-5-10-25)41-36(45)40-30-14-8-13-29(20-30)35-46-32(22-48-37-38-23-39-42-37)33(27-11-6-3-7-12-27)34(47-35)28-17-15-26(21-43)16-18-28/h2-18,20,23,31-35,43H,19,21-22H2,1H3,(H,38,39,42)(H2,40,41,45)/t31-,32-,33-,34+,35?/m1/s1. The van der Waals surface area contributed by atoms with Crippen LogP contribution in [0.5, 0.6) is 0 Å². The SMILES string of the molecule is CC(=O)[C@@H](Cc1ccccc1)NC(=O)Nc1cccc(C2O[C@H](CSc3ncn[nH]3)[C@@H](c3ccccc3)[C@H](c3ccc(CO)cc3)O2)c1. The first kappa shape index (κ1) is 33.1. The molecule has 1 aromatic heterocycles. The van der Waals surface area contributed by atoms with Crippen molar-refractivity contribution in [2.75, 3.05) is 11.1 Å². The zero-order valence-corrected chi connectivity index (χ0v) is 27.2. The summed E-state index contributed by atoms with van der Waals surface area (Å²) in [6.45, 7) is 1.42. The summed E-state index contributed by atoms with van der Waals surface area (Å²) in [5.74, 6) is 0.263. The number of ketones is 1. The molecule has 48 heavy (non-hydrogen) atoms. The van der Waals surface area contributed by atoms with E-state index >= 15 is 0 Å². The van der Waals surface area contributed by atoms with Gasteiger partial charge in [-0.1, -0.05) is 109 Å². The highest BCUT2D eigenvalue weighted by Crippen LogP contribution is 2.48. The van der Waals surface area contributed by atoms with E-state index in [0.29, 0.717) is 23.0 Å². The molecule has 0 spiro atoms. The van der Waals surface area contributed by atoms with Crippen LogP contribution in [0.2, 0.25) is 0 Å². The molecule has 246 valence electrons. The lowest BCUT2D eigenvalue weighted by atomic mass is 9.84. The van der Waals surface area contributed by atoms with Gasteiger partial charge < -0.3 is 25.2 Å². The van der Waals surface area contributed by atoms with Crippen molar-refractivity contribution in [2.24, 2.45) is 0 Å². The van der Waals surface area contributed by atoms with Gasteiger partial charge in [0, 0.05) is 22.9 Å². The summed E-state index contributed by atoms with van der Waals surface area (Å²) in [7, 11) is 0. The highest BCUT2D eigenvalue weighted by atomic mass is 32.2. The molecule has 2 heterocycles. The van der Waals surface area contributed by atoms with Crippen molar-refractivity contribution < 1.29 is 24.2 Å². The maximum absolute atomic E-state index is 13.1. The summed E-state index contributed by atoms with van der Waals surface area (Å²) in [5.41, 5.74) is 5.03. The fourth-order valence-electron chi connectivity index (χ4n) is 5.81. The van der Waals surface area contributed by atoms with Gasteiger partial charge in [0.15, 0.2) is 17.2 Å². The largest absolute Gasteiger partial charge is 0.392 e. The highest BCUT2D eigenvalue weighted by molar-refractivity contribution is 7.99. The predicted octanol–water partition coefficient (Wildman–Crippen LogP) is 6.35. The Morgan fingerprint density at radius 2 is 1.60 bits per heavy atom. The van der Waals surface area contributed by atoms with Crippen LogP contribution in [0.15, 0.2) is 121 Å². The molecule has 1 saturated heterocycles. The number of Topliss-reactive ketones (excluding diaryl/α,β-unsaturated/α-hetero) is 1. The zero-order chi connectivity index (χ0) is 33.3. The summed E-state index contributed by atoms with van der Waals surface area (Å²) in [6, 6.07) is 33.7. The Balaban J connectivity index is 1.25. The number of urea groups is 1. The quantitative estimate of drug-likeness (QED) is 0.113. The van der Waals surface area contributed by atoms with E-state index in [1.54, 1.807) is 6.07 Å². The van der Waals surface area contributed by atoms with E-state index in [9.17, 15) is 14.7 Å². The number of nitrogens with zero attached hydrogens (tertiary/aromatic N) is 2. The number of hydrogen-bond donors (Lipinski definition) is 4. The van der Waals surface area contributed by atoms with Crippen LogP contribution in [0, 0.1) is 0 Å². The number of aliphatic hydroxyl groups excluding tert-OH is 1. The maximum atomic E-state index is 13.1. The number of hydrogen-bond acceptors (Lipinski definition) is 8. The second kappa shape index (κ2) is 15.9. The first-order valence-electron chi connectivity index (χ1n) is 15.7. The third-order valence-electron chi connectivity index (χ3n) is 8.24. The number of aromatic nitrogens is 3. The molecule has 2 amide bonds. The van der Waals surface area contributed by atoms with Crippen LogP contribution in [0.3, 0.4) is 0 Å². The van der Waals surface area contributed by atoms with Crippen molar-refractivity contribution in [2.45, 2.75) is 55.6 Å². The number of nitrogens with one attached hydrogen (secondary N) is 3. The summed E-state index contributed by atoms with van der Waals surface area (Å²) >= 11 is 1.52. The van der Waals surface area contributed by atoms with Gasteiger partial charge in [-0.2, -0.15) is 5.10 Å². The number of thioether (sulfide) groups is 1. The zero-order valence-electron chi connectivity index (χ0n) is 26.4. The number of carbonyl (C=O) groups excluding carboxylic acids is 2. The third kappa shape index (κ3) is 8.36. The number of anilines is 1. The van der Waals surface area contributed by atoms with Crippen LogP contribution in [0.4, 0.5) is 10.5 Å². The molecule has 5 aromatic rings. The monoisotopic (exact) mass is 663 g/mol. The Bertz CT molecular complexity index is 1770. The molecule has 0 saturated carbocycles.